The van der Waals surface area contributed by atoms with Crippen LogP contribution in [0.25, 0.3) is 22.1 Å². The van der Waals surface area contributed by atoms with Gasteiger partial charge in [0.25, 0.3) is 5.56 Å². The predicted molar refractivity (Wildman–Crippen MR) is 92.8 cm³/mol. The molecule has 3 aromatic rings. The van der Waals surface area contributed by atoms with Crippen molar-refractivity contribution in [3.05, 3.63) is 57.3 Å². The van der Waals surface area contributed by atoms with Crippen molar-refractivity contribution in [2.75, 3.05) is 7.11 Å². The number of aromatic nitrogens is 2. The number of hydrogen-bond acceptors (Lipinski definition) is 5. The fourth-order valence-electron chi connectivity index (χ4n) is 2.72. The number of ether oxygens (including phenoxy) is 1. The Morgan fingerprint density at radius 1 is 1.38 bits per heavy atom. The van der Waals surface area contributed by atoms with E-state index in [-0.39, 0.29) is 16.5 Å². The second-order valence-electron chi connectivity index (χ2n) is 5.46. The van der Waals surface area contributed by atoms with E-state index in [9.17, 15) is 9.59 Å². The zero-order valence-electron chi connectivity index (χ0n) is 13.7. The van der Waals surface area contributed by atoms with Gasteiger partial charge in [0.05, 0.1) is 12.5 Å². The highest BCUT2D eigenvalue weighted by molar-refractivity contribution is 5.88. The Balaban J connectivity index is 2.44. The Morgan fingerprint density at radius 3 is 2.83 bits per heavy atom. The fraction of sp³-hybridized carbons (Fsp3) is 0.278. The number of hydrogen-bond donors (Lipinski definition) is 0. The van der Waals surface area contributed by atoms with Crippen molar-refractivity contribution >= 4 is 22.1 Å². The third kappa shape index (κ3) is 2.50. The molecule has 124 valence electrons. The highest BCUT2D eigenvalue weighted by atomic mass is 16.5. The molecule has 6 nitrogen and oxygen atoms in total. The van der Waals surface area contributed by atoms with Crippen LogP contribution in [0.1, 0.15) is 19.2 Å². The molecule has 1 aromatic carbocycles. The largest absolute Gasteiger partial charge is 0.497 e. The molecule has 0 bridgehead atoms. The van der Waals surface area contributed by atoms with E-state index < -0.39 is 5.56 Å². The summed E-state index contributed by atoms with van der Waals surface area (Å²) in [6.45, 7) is 5.97. The Bertz CT molecular complexity index is 1050. The van der Waals surface area contributed by atoms with Crippen molar-refractivity contribution in [3.8, 4) is 5.75 Å². The fourth-order valence-corrected chi connectivity index (χ4v) is 2.72. The lowest BCUT2D eigenvalue weighted by molar-refractivity contribution is 0.414. The van der Waals surface area contributed by atoms with Gasteiger partial charge in [-0.1, -0.05) is 13.0 Å². The quantitative estimate of drug-likeness (QED) is 0.532. The van der Waals surface area contributed by atoms with Gasteiger partial charge in [0.2, 0.25) is 11.1 Å². The third-order valence-electron chi connectivity index (χ3n) is 3.87. The molecular formula is C18H18N2O4. The van der Waals surface area contributed by atoms with Crippen molar-refractivity contribution < 1.29 is 9.15 Å². The number of fused-ring (bicyclic) bond motifs is 2. The molecule has 0 radical (unpaired) electrons. The third-order valence-corrected chi connectivity index (χ3v) is 3.87. The minimum absolute atomic E-state index is 0.0330. The Hall–Kier alpha value is -2.89. The van der Waals surface area contributed by atoms with Gasteiger partial charge in [0, 0.05) is 19.0 Å². The lowest BCUT2D eigenvalue weighted by Gasteiger charge is -2.11. The number of allylic oxidation sites excluding steroid dienone is 1. The average molecular weight is 326 g/mol. The van der Waals surface area contributed by atoms with Crippen LogP contribution in [-0.4, -0.2) is 16.7 Å². The minimum atomic E-state index is -0.394. The summed E-state index contributed by atoms with van der Waals surface area (Å²) in [5.74, 6) is 1.15. The summed E-state index contributed by atoms with van der Waals surface area (Å²) in [7, 11) is 1.53. The number of methoxy groups -OCH3 is 1. The van der Waals surface area contributed by atoms with E-state index in [1.54, 1.807) is 24.3 Å². The van der Waals surface area contributed by atoms with Crippen LogP contribution >= 0.6 is 0 Å². The van der Waals surface area contributed by atoms with Crippen LogP contribution in [0.2, 0.25) is 0 Å². The van der Waals surface area contributed by atoms with Gasteiger partial charge in [-0.3, -0.25) is 14.2 Å². The van der Waals surface area contributed by atoms with Crippen LogP contribution in [0.4, 0.5) is 0 Å². The molecule has 0 saturated heterocycles. The first-order valence-electron chi connectivity index (χ1n) is 7.75. The first-order valence-corrected chi connectivity index (χ1v) is 7.75. The highest BCUT2D eigenvalue weighted by Gasteiger charge is 2.17. The van der Waals surface area contributed by atoms with Crippen LogP contribution in [-0.2, 0) is 13.0 Å². The van der Waals surface area contributed by atoms with E-state index in [1.807, 2.05) is 6.92 Å². The summed E-state index contributed by atoms with van der Waals surface area (Å²) in [5, 5.41) is 0.296. The Morgan fingerprint density at radius 2 is 2.17 bits per heavy atom. The summed E-state index contributed by atoms with van der Waals surface area (Å²) in [6, 6.07) is 4.87. The monoisotopic (exact) mass is 326 g/mol. The van der Waals surface area contributed by atoms with Gasteiger partial charge in [-0.05, 0) is 18.6 Å². The molecule has 2 heterocycles. The molecule has 0 fully saturated rings. The van der Waals surface area contributed by atoms with E-state index in [1.165, 1.54) is 11.7 Å². The molecule has 0 saturated carbocycles. The topological polar surface area (TPSA) is 74.3 Å². The molecule has 3 rings (SSSR count). The average Bonchev–Trinajstić information content (AvgIpc) is 2.58. The van der Waals surface area contributed by atoms with Crippen molar-refractivity contribution in [3.63, 3.8) is 0 Å². The van der Waals surface area contributed by atoms with Crippen molar-refractivity contribution in [1.82, 2.24) is 9.55 Å². The highest BCUT2D eigenvalue weighted by Crippen LogP contribution is 2.21. The van der Waals surface area contributed by atoms with Crippen LogP contribution in [0.3, 0.4) is 0 Å². The molecule has 0 aliphatic heterocycles. The first-order chi connectivity index (χ1) is 11.6. The second-order valence-corrected chi connectivity index (χ2v) is 5.46. The number of nitrogens with zero attached hydrogens (tertiary/aromatic N) is 2. The summed E-state index contributed by atoms with van der Waals surface area (Å²) in [6.07, 6.45) is 3.04. The lowest BCUT2D eigenvalue weighted by atomic mass is 10.2. The maximum atomic E-state index is 12.8. The van der Waals surface area contributed by atoms with Crippen molar-refractivity contribution in [2.45, 2.75) is 26.3 Å². The zero-order valence-corrected chi connectivity index (χ0v) is 13.7. The zero-order chi connectivity index (χ0) is 17.3. The molecule has 0 N–H and O–H groups in total. The lowest BCUT2D eigenvalue weighted by Crippen LogP contribution is -2.28. The summed E-state index contributed by atoms with van der Waals surface area (Å²) >= 11 is 0. The van der Waals surface area contributed by atoms with Gasteiger partial charge in [0.15, 0.2) is 5.39 Å². The van der Waals surface area contributed by atoms with Gasteiger partial charge in [-0.2, -0.15) is 4.98 Å². The SMILES string of the molecule is C=CCn1c(CCC)nc2oc3cc(OC)ccc3c(=O)c2c1=O. The number of rotatable bonds is 5. The van der Waals surface area contributed by atoms with Gasteiger partial charge >= 0.3 is 0 Å². The van der Waals surface area contributed by atoms with Gasteiger partial charge in [-0.25, -0.2) is 0 Å². The Kier molecular flexibility index (Phi) is 4.20. The van der Waals surface area contributed by atoms with E-state index in [4.69, 9.17) is 9.15 Å². The van der Waals surface area contributed by atoms with Gasteiger partial charge in [0.1, 0.15) is 17.2 Å². The number of benzene rings is 1. The molecule has 0 aliphatic carbocycles. The molecule has 0 unspecified atom stereocenters. The molecule has 24 heavy (non-hydrogen) atoms. The first kappa shape index (κ1) is 16.0. The maximum Gasteiger partial charge on any atom is 0.269 e. The van der Waals surface area contributed by atoms with Gasteiger partial charge in [-0.15, -0.1) is 6.58 Å². The molecule has 0 amide bonds. The van der Waals surface area contributed by atoms with Gasteiger partial charge < -0.3 is 9.15 Å². The molecule has 0 spiro atoms. The predicted octanol–water partition coefficient (Wildman–Crippen LogP) is 2.65. The minimum Gasteiger partial charge on any atom is -0.497 e. The molecule has 0 aliphatic rings. The van der Waals surface area contributed by atoms with Crippen molar-refractivity contribution in [1.29, 1.82) is 0 Å². The molecule has 6 heteroatoms. The van der Waals surface area contributed by atoms with Crippen LogP contribution < -0.4 is 15.7 Å². The van der Waals surface area contributed by atoms with Crippen LogP contribution in [0.5, 0.6) is 5.75 Å². The van der Waals surface area contributed by atoms with E-state index in [0.717, 1.165) is 6.42 Å². The molecule has 0 atom stereocenters. The maximum absolute atomic E-state index is 12.8. The van der Waals surface area contributed by atoms with E-state index in [0.29, 0.717) is 35.5 Å². The standard InChI is InChI=1S/C18H18N2O4/c1-4-6-14-19-17-15(18(22)20(14)9-5-2)16(21)12-8-7-11(23-3)10-13(12)24-17/h5,7-8,10H,2,4,6,9H2,1,3H3. The summed E-state index contributed by atoms with van der Waals surface area (Å²) in [5.41, 5.74) is -0.362. The smallest absolute Gasteiger partial charge is 0.269 e. The number of aryl methyl sites for hydroxylation is 1. The second kappa shape index (κ2) is 6.31. The van der Waals surface area contributed by atoms with E-state index in [2.05, 4.69) is 11.6 Å². The van der Waals surface area contributed by atoms with Crippen LogP contribution in [0, 0.1) is 0 Å². The van der Waals surface area contributed by atoms with E-state index >= 15 is 0 Å². The normalized spacial score (nSPS) is 11.1. The van der Waals surface area contributed by atoms with Crippen LogP contribution in [0.15, 0.2) is 44.9 Å². The molecular weight excluding hydrogens is 308 g/mol. The molecule has 2 aromatic heterocycles. The Labute approximate surface area is 138 Å². The summed E-state index contributed by atoms with van der Waals surface area (Å²) in [4.78, 5) is 30.0. The van der Waals surface area contributed by atoms with Crippen molar-refractivity contribution in [2.24, 2.45) is 0 Å². The summed E-state index contributed by atoms with van der Waals surface area (Å²) < 4.78 is 12.4.